The fourth-order valence-electron chi connectivity index (χ4n) is 1.38. The van der Waals surface area contributed by atoms with Gasteiger partial charge in [-0.2, -0.15) is 0 Å². The lowest BCUT2D eigenvalue weighted by atomic mass is 10.1. The lowest BCUT2D eigenvalue weighted by Gasteiger charge is -2.08. The van der Waals surface area contributed by atoms with Gasteiger partial charge in [-0.3, -0.25) is 0 Å². The molecule has 2 rings (SSSR count). The molecule has 1 aromatic carbocycles. The molecule has 0 aliphatic heterocycles. The van der Waals surface area contributed by atoms with E-state index >= 15 is 0 Å². The van der Waals surface area contributed by atoms with Crippen molar-refractivity contribution in [3.8, 4) is 0 Å². The first-order chi connectivity index (χ1) is 13.8. The van der Waals surface area contributed by atoms with Gasteiger partial charge < -0.3 is 9.88 Å². The average Bonchev–Trinajstić information content (AvgIpc) is 2.97. The Morgan fingerprint density at radius 1 is 1.55 bits per heavy atom. The van der Waals surface area contributed by atoms with Crippen LogP contribution in [0.4, 0.5) is 0 Å². The minimum atomic E-state index is -5.06. The summed E-state index contributed by atoms with van der Waals surface area (Å²) in [6.07, 6.45) is -2.08. The molecule has 2 N–H and O–H groups in total. The molecule has 0 unspecified atom stereocenters. The van der Waals surface area contributed by atoms with Crippen molar-refractivity contribution >= 4 is 20.9 Å². The fourth-order valence-corrected chi connectivity index (χ4v) is 1.83. The van der Waals surface area contributed by atoms with Crippen molar-refractivity contribution < 1.29 is 23.6 Å². The molecule has 6 heteroatoms. The van der Waals surface area contributed by atoms with Gasteiger partial charge in [0.25, 0.3) is 0 Å². The summed E-state index contributed by atoms with van der Waals surface area (Å²) in [6.45, 7) is -2.68. The Morgan fingerprint density at radius 2 is 2.30 bits per heavy atom. The molecule has 0 amide bonds. The van der Waals surface area contributed by atoms with E-state index in [-0.39, 0.29) is 4.72 Å². The molecule has 20 heavy (non-hydrogen) atoms. The van der Waals surface area contributed by atoms with Crippen LogP contribution in [0.2, 0.25) is 2.82 Å². The van der Waals surface area contributed by atoms with Crippen molar-refractivity contribution in [2.24, 2.45) is 0 Å². The second-order valence-corrected chi connectivity index (χ2v) is 5.56. The highest BCUT2D eigenvalue weighted by molar-refractivity contribution is 7.88. The number of hydrogen-bond acceptors (Lipinski definition) is 3. The van der Waals surface area contributed by atoms with Crippen LogP contribution in [0.3, 0.4) is 0 Å². The van der Waals surface area contributed by atoms with E-state index in [9.17, 15) is 8.42 Å². The van der Waals surface area contributed by atoms with E-state index in [0.29, 0.717) is 4.98 Å². The van der Waals surface area contributed by atoms with E-state index < -0.39 is 68.8 Å². The molecule has 0 aliphatic carbocycles. The molecule has 110 valence electrons. The number of nitrogens with one attached hydrogen (secondary N) is 2. The number of sulfonamides is 1. The molecule has 0 radical (unpaired) electrons. The van der Waals surface area contributed by atoms with Crippen molar-refractivity contribution in [3.05, 3.63) is 35.5 Å². The first-order valence-electron chi connectivity index (χ1n) is 11.0. The highest BCUT2D eigenvalue weighted by Crippen LogP contribution is 2.21. The third kappa shape index (κ3) is 3.59. The van der Waals surface area contributed by atoms with Crippen molar-refractivity contribution in [3.63, 3.8) is 0 Å². The summed E-state index contributed by atoms with van der Waals surface area (Å²) in [5.74, 6) is 0. The number of aromatic nitrogens is 1. The maximum atomic E-state index is 12.4. The monoisotopic (exact) mass is 306 g/mol. The number of hydrogen-bond donors (Lipinski definition) is 2. The van der Waals surface area contributed by atoms with Gasteiger partial charge in [-0.15, -0.1) is 0 Å². The molecule has 2 aromatic rings. The summed E-state index contributed by atoms with van der Waals surface area (Å²) in [4.78, 5) is 1.39. The number of aryl methyl sites for hydroxylation is 1. The van der Waals surface area contributed by atoms with Crippen LogP contribution in [-0.2, 0) is 22.1 Å². The molecule has 0 saturated heterocycles. The van der Waals surface area contributed by atoms with E-state index in [1.807, 2.05) is 0 Å². The van der Waals surface area contributed by atoms with Crippen LogP contribution in [0.1, 0.15) is 23.5 Å². The number of H-pyrrole nitrogens is 1. The second kappa shape index (κ2) is 5.95. The van der Waals surface area contributed by atoms with Crippen molar-refractivity contribution in [1.82, 2.24) is 14.6 Å². The largest absolute Gasteiger partial charge is 0.361 e. The minimum Gasteiger partial charge on any atom is -0.361 e. The van der Waals surface area contributed by atoms with Crippen molar-refractivity contribution in [2.45, 2.75) is 12.1 Å². The maximum Gasteiger partial charge on any atom is 0.215 e. The number of likely N-dealkylation sites (N-methyl/N-ethyl adjacent to an activating group) is 1. The van der Waals surface area contributed by atoms with Gasteiger partial charge in [0, 0.05) is 31.8 Å². The second-order valence-electron chi connectivity index (χ2n) is 4.04. The van der Waals surface area contributed by atoms with Crippen LogP contribution in [-0.4, -0.2) is 45.9 Å². The van der Waals surface area contributed by atoms with Crippen LogP contribution >= 0.6 is 0 Å². The molecular formula is C14H21N3O2S. The first-order valence-corrected chi connectivity index (χ1v) is 7.00. The summed E-state index contributed by atoms with van der Waals surface area (Å²) in [5, 5.41) is -0.562. The molecule has 0 aliphatic rings. The van der Waals surface area contributed by atoms with Gasteiger partial charge in [0.05, 0.1) is 9.82 Å². The topological polar surface area (TPSA) is 65.2 Å². The normalized spacial score (nSPS) is 22.8. The van der Waals surface area contributed by atoms with Crippen molar-refractivity contribution in [1.29, 1.82) is 0 Å². The Hall–Kier alpha value is -1.37. The first kappa shape index (κ1) is 6.17. The number of aromatic amines is 1. The van der Waals surface area contributed by atoms with Crippen LogP contribution in [0.5, 0.6) is 0 Å². The number of benzene rings is 1. The third-order valence-electron chi connectivity index (χ3n) is 2.27. The quantitative estimate of drug-likeness (QED) is 0.846. The standard InChI is InChI=1S/C14H21N3O2S/c1-15-20(18,19)10-11-4-5-14-13(8-11)12(9-16-14)6-7-17(2)3/h4-5,8-9,15-16H,6-7,10H2,1-3H3/i4D,5D,6D2,7D2,8D,10D2/hD2. The number of fused-ring (bicyclic) bond motifs is 1. The lowest BCUT2D eigenvalue weighted by Crippen LogP contribution is -2.20. The Bertz CT molecular complexity index is 1140. The van der Waals surface area contributed by atoms with Gasteiger partial charge in [0.15, 0.2) is 1.41 Å². The SMILES string of the molecule is [2H]c1c(C([2H])([2H])S(=O)(=O)N([2H])C)c([2H])c2c(C([2H])([2H])C([2H])([2H])N(C)C)cn([2H])c2c1[2H]. The van der Waals surface area contributed by atoms with Gasteiger partial charge in [0.2, 0.25) is 10.0 Å². The molecule has 0 fully saturated rings. The highest BCUT2D eigenvalue weighted by Gasteiger charge is 2.11. The molecule has 0 spiro atoms. The van der Waals surface area contributed by atoms with E-state index in [4.69, 9.17) is 15.2 Å². The maximum absolute atomic E-state index is 12.4. The Labute approximate surface area is 135 Å². The third-order valence-corrected chi connectivity index (χ3v) is 3.21. The van der Waals surface area contributed by atoms with Crippen LogP contribution in [0.25, 0.3) is 10.9 Å². The van der Waals surface area contributed by atoms with Crippen LogP contribution in [0.15, 0.2) is 24.3 Å². The lowest BCUT2D eigenvalue weighted by molar-refractivity contribution is 0.414. The molecule has 5 nitrogen and oxygen atoms in total. The van der Waals surface area contributed by atoms with Gasteiger partial charge in [-0.1, -0.05) is 6.04 Å². The van der Waals surface area contributed by atoms with E-state index in [2.05, 4.69) is 0 Å². The Morgan fingerprint density at radius 3 is 2.95 bits per heavy atom. The Balaban J connectivity index is 3.09. The zero-order chi connectivity index (χ0) is 24.5. The molecule has 0 atom stereocenters. The van der Waals surface area contributed by atoms with Gasteiger partial charge in [0.1, 0.15) is 1.41 Å². The molecule has 1 heterocycles. The van der Waals surface area contributed by atoms with Crippen molar-refractivity contribution in [2.75, 3.05) is 27.6 Å². The van der Waals surface area contributed by atoms with Gasteiger partial charge in [-0.05, 0) is 50.7 Å². The minimum absolute atomic E-state index is 0.180. The Kier molecular flexibility index (Phi) is 1.84. The summed E-state index contributed by atoms with van der Waals surface area (Å²) >= 11 is 0. The molecular weight excluding hydrogens is 274 g/mol. The van der Waals surface area contributed by atoms with Crippen LogP contribution < -0.4 is 4.72 Å². The number of rotatable bonds is 6. The van der Waals surface area contributed by atoms with E-state index in [1.54, 1.807) is 0 Å². The summed E-state index contributed by atoms with van der Waals surface area (Å²) in [5.41, 5.74) is -5.66. The van der Waals surface area contributed by atoms with Gasteiger partial charge in [-0.25, -0.2) is 13.1 Å². The highest BCUT2D eigenvalue weighted by atomic mass is 32.2. The van der Waals surface area contributed by atoms with Gasteiger partial charge >= 0.3 is 0 Å². The predicted molar refractivity (Wildman–Crippen MR) is 82.2 cm³/mol. The van der Waals surface area contributed by atoms with E-state index in [0.717, 1.165) is 18.1 Å². The zero-order valence-corrected chi connectivity index (χ0v) is 12.0. The van der Waals surface area contributed by atoms with Crippen LogP contribution in [0, 0.1) is 0 Å². The number of nitrogens with zero attached hydrogens (tertiary/aromatic N) is 1. The fraction of sp³-hybridized carbons (Fsp3) is 0.429. The summed E-state index contributed by atoms with van der Waals surface area (Å²) in [7, 11) is -1.81. The smallest absolute Gasteiger partial charge is 0.215 e. The predicted octanol–water partition coefficient (Wildman–Crippen LogP) is 1.32. The molecule has 0 saturated carbocycles. The van der Waals surface area contributed by atoms with E-state index in [1.165, 1.54) is 14.1 Å². The summed E-state index contributed by atoms with van der Waals surface area (Å²) < 4.78 is 114. The molecule has 0 bridgehead atoms. The summed E-state index contributed by atoms with van der Waals surface area (Å²) in [6, 6.07) is -2.83. The average molecular weight is 306 g/mol. The zero-order valence-electron chi connectivity index (χ0n) is 22.1. The molecule has 1 aromatic heterocycles.